The largest absolute Gasteiger partial charge is 0.478 e. The number of carbonyl (C=O) groups is 1. The molecule has 0 aliphatic heterocycles. The van der Waals surface area contributed by atoms with Crippen molar-refractivity contribution in [2.24, 2.45) is 0 Å². The summed E-state index contributed by atoms with van der Waals surface area (Å²) in [5, 5.41) is 9.20. The number of rotatable bonds is 4. The summed E-state index contributed by atoms with van der Waals surface area (Å²) in [6.45, 7) is 0.630. The van der Waals surface area contributed by atoms with Crippen molar-refractivity contribution in [1.29, 1.82) is 0 Å². The van der Waals surface area contributed by atoms with E-state index >= 15 is 0 Å². The minimum atomic E-state index is -0.949. The van der Waals surface area contributed by atoms with Crippen molar-refractivity contribution < 1.29 is 9.90 Å². The predicted octanol–water partition coefficient (Wildman–Crippen LogP) is 2.60. The van der Waals surface area contributed by atoms with Gasteiger partial charge < -0.3 is 15.7 Å². The van der Waals surface area contributed by atoms with Crippen molar-refractivity contribution in [3.63, 3.8) is 0 Å². The summed E-state index contributed by atoms with van der Waals surface area (Å²) in [5.74, 6) is -0.949. The first-order chi connectivity index (χ1) is 9.08. The van der Waals surface area contributed by atoms with Gasteiger partial charge in [0.15, 0.2) is 0 Å². The molecule has 0 saturated carbocycles. The Kier molecular flexibility index (Phi) is 3.71. The van der Waals surface area contributed by atoms with E-state index in [9.17, 15) is 9.90 Å². The van der Waals surface area contributed by atoms with Crippen LogP contribution in [0.3, 0.4) is 0 Å². The summed E-state index contributed by atoms with van der Waals surface area (Å²) in [6, 6.07) is 14.7. The van der Waals surface area contributed by atoms with Gasteiger partial charge in [0, 0.05) is 19.3 Å². The van der Waals surface area contributed by atoms with Crippen LogP contribution in [0.15, 0.2) is 48.5 Å². The van der Waals surface area contributed by atoms with Gasteiger partial charge in [-0.15, -0.1) is 0 Å². The summed E-state index contributed by atoms with van der Waals surface area (Å²) >= 11 is 0. The third-order valence-electron chi connectivity index (χ3n) is 2.93. The van der Waals surface area contributed by atoms with E-state index in [4.69, 9.17) is 5.73 Å². The Balaban J connectivity index is 2.30. The maximum atomic E-state index is 11.2. The summed E-state index contributed by atoms with van der Waals surface area (Å²) < 4.78 is 0. The zero-order valence-electron chi connectivity index (χ0n) is 10.7. The van der Waals surface area contributed by atoms with E-state index in [1.807, 2.05) is 42.3 Å². The molecule has 0 spiro atoms. The Labute approximate surface area is 112 Å². The number of benzene rings is 2. The van der Waals surface area contributed by atoms with Crippen LogP contribution in [0.25, 0.3) is 0 Å². The first-order valence-electron chi connectivity index (χ1n) is 5.96. The third kappa shape index (κ3) is 3.04. The number of nitrogen functional groups attached to an aromatic ring is 1. The monoisotopic (exact) mass is 256 g/mol. The normalized spacial score (nSPS) is 10.2. The molecule has 98 valence electrons. The minimum Gasteiger partial charge on any atom is -0.478 e. The van der Waals surface area contributed by atoms with E-state index < -0.39 is 5.97 Å². The standard InChI is InChI=1S/C15H16N2O2/c1-17(10-11-5-3-2-4-6-11)14-9-12(16)7-8-13(14)15(18)19/h2-9H,10,16H2,1H3,(H,18,19). The SMILES string of the molecule is CN(Cc1ccccc1)c1cc(N)ccc1C(=O)O. The molecule has 0 unspecified atom stereocenters. The van der Waals surface area contributed by atoms with Crippen LogP contribution >= 0.6 is 0 Å². The molecule has 0 saturated heterocycles. The third-order valence-corrected chi connectivity index (χ3v) is 2.93. The van der Waals surface area contributed by atoms with E-state index in [-0.39, 0.29) is 5.56 Å². The van der Waals surface area contributed by atoms with Gasteiger partial charge in [-0.05, 0) is 23.8 Å². The van der Waals surface area contributed by atoms with E-state index in [2.05, 4.69) is 0 Å². The number of hydrogen-bond acceptors (Lipinski definition) is 3. The molecule has 0 aliphatic carbocycles. The van der Waals surface area contributed by atoms with E-state index in [0.29, 0.717) is 17.9 Å². The molecule has 19 heavy (non-hydrogen) atoms. The predicted molar refractivity (Wildman–Crippen MR) is 76.4 cm³/mol. The van der Waals surface area contributed by atoms with Gasteiger partial charge in [-0.25, -0.2) is 4.79 Å². The second kappa shape index (κ2) is 5.44. The number of nitrogens with two attached hydrogens (primary N) is 1. The van der Waals surface area contributed by atoms with Crippen molar-refractivity contribution in [2.45, 2.75) is 6.54 Å². The fraction of sp³-hybridized carbons (Fsp3) is 0.133. The lowest BCUT2D eigenvalue weighted by Crippen LogP contribution is -2.19. The average Bonchev–Trinajstić information content (AvgIpc) is 2.39. The highest BCUT2D eigenvalue weighted by Crippen LogP contribution is 2.24. The van der Waals surface area contributed by atoms with Crippen LogP contribution in [0.2, 0.25) is 0 Å². The van der Waals surface area contributed by atoms with Crippen LogP contribution in [-0.2, 0) is 6.54 Å². The smallest absolute Gasteiger partial charge is 0.337 e. The van der Waals surface area contributed by atoms with Crippen molar-refractivity contribution >= 4 is 17.3 Å². The Bertz CT molecular complexity index is 582. The van der Waals surface area contributed by atoms with Crippen LogP contribution in [0.1, 0.15) is 15.9 Å². The van der Waals surface area contributed by atoms with Crippen LogP contribution in [0.4, 0.5) is 11.4 Å². The first kappa shape index (κ1) is 13.0. The number of nitrogens with zero attached hydrogens (tertiary/aromatic N) is 1. The number of carboxylic acid groups (broad SMARTS) is 1. The maximum Gasteiger partial charge on any atom is 0.337 e. The van der Waals surface area contributed by atoms with Gasteiger partial charge in [-0.1, -0.05) is 30.3 Å². The summed E-state index contributed by atoms with van der Waals surface area (Å²) in [5.41, 5.74) is 8.29. The van der Waals surface area contributed by atoms with E-state index in [0.717, 1.165) is 5.56 Å². The lowest BCUT2D eigenvalue weighted by Gasteiger charge is -2.21. The molecule has 0 bridgehead atoms. The Morgan fingerprint density at radius 3 is 2.53 bits per heavy atom. The first-order valence-corrected chi connectivity index (χ1v) is 5.96. The number of aromatic carboxylic acids is 1. The van der Waals surface area contributed by atoms with Crippen LogP contribution in [0, 0.1) is 0 Å². The highest BCUT2D eigenvalue weighted by atomic mass is 16.4. The topological polar surface area (TPSA) is 66.6 Å². The molecule has 0 fully saturated rings. The Morgan fingerprint density at radius 2 is 1.89 bits per heavy atom. The molecule has 2 rings (SSSR count). The van der Waals surface area contributed by atoms with Gasteiger partial charge in [0.25, 0.3) is 0 Å². The zero-order chi connectivity index (χ0) is 13.8. The van der Waals surface area contributed by atoms with Crippen molar-refractivity contribution in [3.05, 3.63) is 59.7 Å². The number of carboxylic acids is 1. The minimum absolute atomic E-state index is 0.257. The molecule has 0 aromatic heterocycles. The lowest BCUT2D eigenvalue weighted by atomic mass is 10.1. The molecule has 3 N–H and O–H groups in total. The van der Waals surface area contributed by atoms with Gasteiger partial charge in [0.05, 0.1) is 11.3 Å². The molecular formula is C15H16N2O2. The molecule has 2 aromatic carbocycles. The van der Waals surface area contributed by atoms with Gasteiger partial charge in [-0.3, -0.25) is 0 Å². The molecule has 4 nitrogen and oxygen atoms in total. The molecule has 0 radical (unpaired) electrons. The van der Waals surface area contributed by atoms with Gasteiger partial charge >= 0.3 is 5.97 Å². The highest BCUT2D eigenvalue weighted by Gasteiger charge is 2.13. The Morgan fingerprint density at radius 1 is 1.21 bits per heavy atom. The van der Waals surface area contributed by atoms with Crippen LogP contribution in [-0.4, -0.2) is 18.1 Å². The van der Waals surface area contributed by atoms with Crippen LogP contribution in [0.5, 0.6) is 0 Å². The lowest BCUT2D eigenvalue weighted by molar-refractivity contribution is 0.0697. The summed E-state index contributed by atoms with van der Waals surface area (Å²) in [7, 11) is 1.86. The second-order valence-corrected chi connectivity index (χ2v) is 4.42. The van der Waals surface area contributed by atoms with Crippen LogP contribution < -0.4 is 10.6 Å². The molecule has 0 atom stereocenters. The summed E-state index contributed by atoms with van der Waals surface area (Å²) in [4.78, 5) is 13.1. The van der Waals surface area contributed by atoms with Crippen molar-refractivity contribution in [3.8, 4) is 0 Å². The van der Waals surface area contributed by atoms with Gasteiger partial charge in [0.1, 0.15) is 0 Å². The van der Waals surface area contributed by atoms with Gasteiger partial charge in [0.2, 0.25) is 0 Å². The maximum absolute atomic E-state index is 11.2. The van der Waals surface area contributed by atoms with E-state index in [1.165, 1.54) is 6.07 Å². The number of hydrogen-bond donors (Lipinski definition) is 2. The van der Waals surface area contributed by atoms with Crippen molar-refractivity contribution in [1.82, 2.24) is 0 Å². The Hall–Kier alpha value is -2.49. The molecule has 4 heteroatoms. The molecule has 0 aliphatic rings. The number of anilines is 2. The fourth-order valence-corrected chi connectivity index (χ4v) is 1.99. The molecule has 0 heterocycles. The molecule has 0 amide bonds. The fourth-order valence-electron chi connectivity index (χ4n) is 1.99. The molecule has 2 aromatic rings. The highest BCUT2D eigenvalue weighted by molar-refractivity contribution is 5.95. The molecular weight excluding hydrogens is 240 g/mol. The van der Waals surface area contributed by atoms with Crippen molar-refractivity contribution in [2.75, 3.05) is 17.7 Å². The van der Waals surface area contributed by atoms with E-state index in [1.54, 1.807) is 12.1 Å². The summed E-state index contributed by atoms with van der Waals surface area (Å²) in [6.07, 6.45) is 0. The quantitative estimate of drug-likeness (QED) is 0.825. The zero-order valence-corrected chi connectivity index (χ0v) is 10.7. The van der Waals surface area contributed by atoms with Gasteiger partial charge in [-0.2, -0.15) is 0 Å². The second-order valence-electron chi connectivity index (χ2n) is 4.42. The average molecular weight is 256 g/mol.